The highest BCUT2D eigenvalue weighted by atomic mass is 79.9. The lowest BCUT2D eigenvalue weighted by Crippen LogP contribution is -2.20. The minimum absolute atomic E-state index is 0.426. The lowest BCUT2D eigenvalue weighted by atomic mass is 10.1. The molecule has 0 aliphatic heterocycles. The summed E-state index contributed by atoms with van der Waals surface area (Å²) in [4.78, 5) is 0.439. The van der Waals surface area contributed by atoms with E-state index in [4.69, 9.17) is 18.0 Å². The third kappa shape index (κ3) is 3.14. The van der Waals surface area contributed by atoms with Gasteiger partial charge in [0.25, 0.3) is 0 Å². The van der Waals surface area contributed by atoms with E-state index in [0.29, 0.717) is 9.74 Å². The van der Waals surface area contributed by atoms with Gasteiger partial charge in [-0.1, -0.05) is 28.1 Å². The van der Waals surface area contributed by atoms with Crippen molar-refractivity contribution in [3.8, 4) is 0 Å². The maximum absolute atomic E-state index is 5.72. The zero-order valence-corrected chi connectivity index (χ0v) is 12.8. The zero-order chi connectivity index (χ0) is 12.5. The largest absolute Gasteiger partial charge is 0.389 e. The molecule has 1 aliphatic rings. The summed E-state index contributed by atoms with van der Waals surface area (Å²) in [5.41, 5.74) is 7.66. The summed E-state index contributed by atoms with van der Waals surface area (Å²) in [6.07, 6.45) is 4.75. The number of rotatable bonds is 5. The lowest BCUT2D eigenvalue weighted by Gasteiger charge is -2.16. The van der Waals surface area contributed by atoms with E-state index in [2.05, 4.69) is 27.5 Å². The van der Waals surface area contributed by atoms with Crippen molar-refractivity contribution < 1.29 is 0 Å². The van der Waals surface area contributed by atoms with Crippen LogP contribution in [0.4, 0.5) is 5.69 Å². The van der Waals surface area contributed by atoms with Crippen molar-refractivity contribution in [1.29, 1.82) is 0 Å². The van der Waals surface area contributed by atoms with Gasteiger partial charge in [0.05, 0.1) is 0 Å². The maximum atomic E-state index is 5.72. The molecule has 0 amide bonds. The normalized spacial score (nSPS) is 16.6. The van der Waals surface area contributed by atoms with Crippen molar-refractivity contribution in [2.75, 3.05) is 18.1 Å². The van der Waals surface area contributed by atoms with Crippen LogP contribution < -0.4 is 11.1 Å². The minimum atomic E-state index is 0.426. The SMILES string of the molecule is CSC1(CNc2cc(Br)ccc2C(N)=S)CC1. The predicted octanol–water partition coefficient (Wildman–Crippen LogP) is 3.39. The van der Waals surface area contributed by atoms with Crippen LogP contribution in [0, 0.1) is 0 Å². The summed E-state index contributed by atoms with van der Waals surface area (Å²) in [6.45, 7) is 0.972. The first-order chi connectivity index (χ1) is 8.06. The van der Waals surface area contributed by atoms with Gasteiger partial charge in [-0.25, -0.2) is 0 Å². The van der Waals surface area contributed by atoms with Crippen LogP contribution in [0.3, 0.4) is 0 Å². The molecule has 1 aliphatic carbocycles. The fourth-order valence-corrected chi connectivity index (χ4v) is 2.99. The molecule has 0 heterocycles. The number of nitrogens with one attached hydrogen (secondary N) is 1. The van der Waals surface area contributed by atoms with Crippen molar-refractivity contribution in [3.05, 3.63) is 28.2 Å². The van der Waals surface area contributed by atoms with Gasteiger partial charge in [-0.05, 0) is 37.3 Å². The predicted molar refractivity (Wildman–Crippen MR) is 84.0 cm³/mol. The Morgan fingerprint density at radius 1 is 1.59 bits per heavy atom. The Hall–Kier alpha value is -0.260. The molecule has 0 aromatic heterocycles. The summed E-state index contributed by atoms with van der Waals surface area (Å²) in [5, 5.41) is 3.47. The Morgan fingerprint density at radius 3 is 2.82 bits per heavy atom. The van der Waals surface area contributed by atoms with Crippen molar-refractivity contribution in [1.82, 2.24) is 0 Å². The lowest BCUT2D eigenvalue weighted by molar-refractivity contribution is 0.949. The van der Waals surface area contributed by atoms with Gasteiger partial charge in [-0.15, -0.1) is 0 Å². The molecule has 5 heteroatoms. The molecule has 2 rings (SSSR count). The van der Waals surface area contributed by atoms with Crippen LogP contribution in [0.1, 0.15) is 18.4 Å². The number of anilines is 1. The molecule has 1 fully saturated rings. The standard InChI is InChI=1S/C12H15BrN2S2/c1-17-12(4-5-12)7-15-10-6-8(13)2-3-9(10)11(14)16/h2-3,6,15H,4-5,7H2,1H3,(H2,14,16). The van der Waals surface area contributed by atoms with E-state index in [0.717, 1.165) is 22.3 Å². The molecule has 0 saturated heterocycles. The first kappa shape index (κ1) is 13.2. The van der Waals surface area contributed by atoms with E-state index in [1.54, 1.807) is 0 Å². The van der Waals surface area contributed by atoms with Crippen LogP contribution >= 0.6 is 39.9 Å². The molecule has 0 radical (unpaired) electrons. The third-order valence-corrected chi connectivity index (χ3v) is 5.22. The van der Waals surface area contributed by atoms with Gasteiger partial charge in [-0.3, -0.25) is 0 Å². The Kier molecular flexibility index (Phi) is 4.00. The fourth-order valence-electron chi connectivity index (χ4n) is 1.73. The van der Waals surface area contributed by atoms with Gasteiger partial charge in [0.2, 0.25) is 0 Å². The van der Waals surface area contributed by atoms with Crippen LogP contribution in [-0.4, -0.2) is 22.5 Å². The van der Waals surface area contributed by atoms with Crippen LogP contribution in [0.15, 0.2) is 22.7 Å². The van der Waals surface area contributed by atoms with E-state index in [-0.39, 0.29) is 0 Å². The van der Waals surface area contributed by atoms with Gasteiger partial charge in [0, 0.05) is 27.0 Å². The highest BCUT2D eigenvalue weighted by Gasteiger charge is 2.41. The highest BCUT2D eigenvalue weighted by molar-refractivity contribution is 9.10. The quantitative estimate of drug-likeness (QED) is 0.811. The molecule has 0 atom stereocenters. The highest BCUT2D eigenvalue weighted by Crippen LogP contribution is 2.47. The summed E-state index contributed by atoms with van der Waals surface area (Å²) in [6, 6.07) is 5.94. The zero-order valence-electron chi connectivity index (χ0n) is 9.63. The van der Waals surface area contributed by atoms with E-state index in [9.17, 15) is 0 Å². The molecule has 1 aromatic carbocycles. The smallest absolute Gasteiger partial charge is 0.106 e. The Morgan fingerprint density at radius 2 is 2.29 bits per heavy atom. The van der Waals surface area contributed by atoms with E-state index >= 15 is 0 Å². The van der Waals surface area contributed by atoms with Gasteiger partial charge in [0.15, 0.2) is 0 Å². The first-order valence-electron chi connectivity index (χ1n) is 5.45. The van der Waals surface area contributed by atoms with Crippen molar-refractivity contribution in [2.24, 2.45) is 5.73 Å². The molecule has 1 aromatic rings. The maximum Gasteiger partial charge on any atom is 0.106 e. The molecule has 0 unspecified atom stereocenters. The number of hydrogen-bond donors (Lipinski definition) is 2. The van der Waals surface area contributed by atoms with Crippen LogP contribution in [0.25, 0.3) is 0 Å². The summed E-state index contributed by atoms with van der Waals surface area (Å²) < 4.78 is 1.46. The van der Waals surface area contributed by atoms with E-state index in [1.165, 1.54) is 12.8 Å². The number of thiocarbonyl (C=S) groups is 1. The number of thioether (sulfide) groups is 1. The number of hydrogen-bond acceptors (Lipinski definition) is 3. The molecule has 3 N–H and O–H groups in total. The number of halogens is 1. The topological polar surface area (TPSA) is 38.0 Å². The van der Waals surface area contributed by atoms with Crippen molar-refractivity contribution >= 4 is 50.6 Å². The second-order valence-corrected chi connectivity index (χ2v) is 6.92. The summed E-state index contributed by atoms with van der Waals surface area (Å²) in [7, 11) is 0. The summed E-state index contributed by atoms with van der Waals surface area (Å²) >= 11 is 10.5. The van der Waals surface area contributed by atoms with E-state index < -0.39 is 0 Å². The van der Waals surface area contributed by atoms with Crippen molar-refractivity contribution in [2.45, 2.75) is 17.6 Å². The number of benzene rings is 1. The Labute approximate surface area is 120 Å². The van der Waals surface area contributed by atoms with Crippen molar-refractivity contribution in [3.63, 3.8) is 0 Å². The average Bonchev–Trinajstić information content (AvgIpc) is 3.07. The summed E-state index contributed by atoms with van der Waals surface area (Å²) in [5.74, 6) is 0. The second kappa shape index (κ2) is 5.16. The third-order valence-electron chi connectivity index (χ3n) is 3.09. The minimum Gasteiger partial charge on any atom is -0.389 e. The van der Waals surface area contributed by atoms with Gasteiger partial charge in [-0.2, -0.15) is 11.8 Å². The molecule has 0 bridgehead atoms. The average molecular weight is 331 g/mol. The second-order valence-electron chi connectivity index (χ2n) is 4.29. The monoisotopic (exact) mass is 330 g/mol. The molecule has 17 heavy (non-hydrogen) atoms. The molecule has 0 spiro atoms. The van der Waals surface area contributed by atoms with Crippen LogP contribution in [0.2, 0.25) is 0 Å². The fraction of sp³-hybridized carbons (Fsp3) is 0.417. The van der Waals surface area contributed by atoms with Gasteiger partial charge in [0.1, 0.15) is 4.99 Å². The van der Waals surface area contributed by atoms with Gasteiger partial charge >= 0.3 is 0 Å². The molecule has 1 saturated carbocycles. The molecular weight excluding hydrogens is 316 g/mol. The van der Waals surface area contributed by atoms with Crippen LogP contribution in [-0.2, 0) is 0 Å². The van der Waals surface area contributed by atoms with Crippen LogP contribution in [0.5, 0.6) is 0 Å². The number of nitrogens with two attached hydrogens (primary N) is 1. The Balaban J connectivity index is 2.13. The molecule has 2 nitrogen and oxygen atoms in total. The van der Waals surface area contributed by atoms with E-state index in [1.807, 2.05) is 30.0 Å². The van der Waals surface area contributed by atoms with Gasteiger partial charge < -0.3 is 11.1 Å². The first-order valence-corrected chi connectivity index (χ1v) is 7.87. The molecular formula is C12H15BrN2S2. The Bertz CT molecular complexity index is 444. The molecule has 92 valence electrons.